The maximum absolute atomic E-state index is 13.6. The van der Waals surface area contributed by atoms with Gasteiger partial charge in [-0.2, -0.15) is 0 Å². The molecule has 4 fully saturated rings. The number of allylic oxidation sites excluding steroid dienone is 1. The second kappa shape index (κ2) is 15.1. The molecule has 2 unspecified atom stereocenters. The van der Waals surface area contributed by atoms with Gasteiger partial charge in [-0.1, -0.05) is 32.8 Å². The van der Waals surface area contributed by atoms with Gasteiger partial charge in [0.25, 0.3) is 0 Å². The lowest BCUT2D eigenvalue weighted by molar-refractivity contribution is -0.123. The van der Waals surface area contributed by atoms with Crippen LogP contribution >= 0.6 is 0 Å². The zero-order chi connectivity index (χ0) is 28.5. The van der Waals surface area contributed by atoms with E-state index < -0.39 is 0 Å². The SMILES string of the molecule is C[C@]12CCCCC1CC[C@@H]1[C@@H]2CC[C@]2(C)C(C(=O)NCC3COCCOCCOCCOCCOCCO3)=CC[C@@H]12. The summed E-state index contributed by atoms with van der Waals surface area (Å²) in [7, 11) is 0. The van der Waals surface area contributed by atoms with Crippen molar-refractivity contribution in [3.05, 3.63) is 11.6 Å². The second-order valence-electron chi connectivity index (χ2n) is 13.4. The maximum atomic E-state index is 13.6. The van der Waals surface area contributed by atoms with Crippen LogP contribution in [0.15, 0.2) is 11.6 Å². The molecule has 1 aliphatic heterocycles. The molecule has 0 bridgehead atoms. The molecule has 1 N–H and O–H groups in total. The number of hydrogen-bond acceptors (Lipinski definition) is 7. The Balaban J connectivity index is 1.13. The third-order valence-electron chi connectivity index (χ3n) is 11.3. The molecule has 0 radical (unpaired) electrons. The van der Waals surface area contributed by atoms with Gasteiger partial charge in [-0.25, -0.2) is 0 Å². The van der Waals surface area contributed by atoms with E-state index in [0.717, 1.165) is 36.2 Å². The average Bonchev–Trinajstić information content (AvgIpc) is 3.33. The monoisotopic (exact) mass is 577 g/mol. The first kappa shape index (κ1) is 31.4. The van der Waals surface area contributed by atoms with Crippen LogP contribution < -0.4 is 5.32 Å². The van der Waals surface area contributed by atoms with Gasteiger partial charge < -0.3 is 33.7 Å². The Labute approximate surface area is 247 Å². The molecule has 0 spiro atoms. The number of rotatable bonds is 3. The third kappa shape index (κ3) is 7.55. The summed E-state index contributed by atoms with van der Waals surface area (Å²) in [5.41, 5.74) is 1.51. The van der Waals surface area contributed by atoms with E-state index in [4.69, 9.17) is 28.4 Å². The molecule has 5 rings (SSSR count). The number of carbonyl (C=O) groups is 1. The molecule has 5 aliphatic rings. The van der Waals surface area contributed by atoms with E-state index in [1.807, 2.05) is 0 Å². The van der Waals surface area contributed by atoms with Crippen LogP contribution in [0.4, 0.5) is 0 Å². The van der Waals surface area contributed by atoms with Crippen LogP contribution in [0.5, 0.6) is 0 Å². The molecule has 1 heterocycles. The Kier molecular flexibility index (Phi) is 11.6. The number of nitrogens with one attached hydrogen (secondary N) is 1. The van der Waals surface area contributed by atoms with Crippen molar-refractivity contribution in [2.75, 3.05) is 79.2 Å². The van der Waals surface area contributed by atoms with Gasteiger partial charge in [-0.3, -0.25) is 4.79 Å². The van der Waals surface area contributed by atoms with Crippen molar-refractivity contribution in [2.45, 2.75) is 77.7 Å². The van der Waals surface area contributed by atoms with Crippen LogP contribution in [0.25, 0.3) is 0 Å². The van der Waals surface area contributed by atoms with Crippen molar-refractivity contribution in [3.63, 3.8) is 0 Å². The molecular formula is C33H55NO7. The molecule has 7 atom stereocenters. The highest BCUT2D eigenvalue weighted by molar-refractivity contribution is 5.95. The minimum Gasteiger partial charge on any atom is -0.377 e. The summed E-state index contributed by atoms with van der Waals surface area (Å²) >= 11 is 0. The molecule has 0 aromatic heterocycles. The molecule has 8 heteroatoms. The van der Waals surface area contributed by atoms with Crippen LogP contribution in [0.2, 0.25) is 0 Å². The summed E-state index contributed by atoms with van der Waals surface area (Å²) < 4.78 is 34.2. The quantitative estimate of drug-likeness (QED) is 0.527. The fourth-order valence-electron chi connectivity index (χ4n) is 9.05. The second-order valence-corrected chi connectivity index (χ2v) is 13.4. The molecule has 234 valence electrons. The van der Waals surface area contributed by atoms with Crippen LogP contribution in [0.1, 0.15) is 71.6 Å². The maximum Gasteiger partial charge on any atom is 0.247 e. The molecule has 3 saturated carbocycles. The predicted octanol–water partition coefficient (Wildman–Crippen LogP) is 4.55. The first-order valence-corrected chi connectivity index (χ1v) is 16.5. The van der Waals surface area contributed by atoms with E-state index >= 15 is 0 Å². The van der Waals surface area contributed by atoms with E-state index in [2.05, 4.69) is 25.2 Å². The number of hydrogen-bond donors (Lipinski definition) is 1. The predicted molar refractivity (Wildman–Crippen MR) is 157 cm³/mol. The largest absolute Gasteiger partial charge is 0.377 e. The van der Waals surface area contributed by atoms with Crippen molar-refractivity contribution in [3.8, 4) is 0 Å². The lowest BCUT2D eigenvalue weighted by Crippen LogP contribution is -2.53. The molecule has 4 aliphatic carbocycles. The van der Waals surface area contributed by atoms with E-state index in [1.165, 1.54) is 44.9 Å². The van der Waals surface area contributed by atoms with E-state index in [1.54, 1.807) is 0 Å². The van der Waals surface area contributed by atoms with Crippen molar-refractivity contribution < 1.29 is 33.2 Å². The number of ether oxygens (including phenoxy) is 6. The van der Waals surface area contributed by atoms with Gasteiger partial charge in [0.2, 0.25) is 5.91 Å². The zero-order valence-corrected chi connectivity index (χ0v) is 25.7. The zero-order valence-electron chi connectivity index (χ0n) is 25.7. The van der Waals surface area contributed by atoms with Gasteiger partial charge in [-0.15, -0.1) is 0 Å². The molecule has 8 nitrogen and oxygen atoms in total. The first-order chi connectivity index (χ1) is 20.0. The van der Waals surface area contributed by atoms with Gasteiger partial charge >= 0.3 is 0 Å². The fraction of sp³-hybridized carbons (Fsp3) is 0.909. The van der Waals surface area contributed by atoms with Gasteiger partial charge in [0.05, 0.1) is 78.8 Å². The molecule has 1 amide bonds. The Morgan fingerprint density at radius 2 is 1.44 bits per heavy atom. The van der Waals surface area contributed by atoms with Gasteiger partial charge in [0.15, 0.2) is 0 Å². The van der Waals surface area contributed by atoms with Gasteiger partial charge in [0, 0.05) is 17.5 Å². The summed E-state index contributed by atoms with van der Waals surface area (Å²) in [5, 5.41) is 3.22. The van der Waals surface area contributed by atoms with E-state index in [9.17, 15) is 4.79 Å². The van der Waals surface area contributed by atoms with Crippen LogP contribution in [-0.4, -0.2) is 91.2 Å². The lowest BCUT2D eigenvalue weighted by Gasteiger charge is -2.60. The third-order valence-corrected chi connectivity index (χ3v) is 11.3. The smallest absolute Gasteiger partial charge is 0.247 e. The molecule has 41 heavy (non-hydrogen) atoms. The van der Waals surface area contributed by atoms with E-state index in [-0.39, 0.29) is 17.4 Å². The lowest BCUT2D eigenvalue weighted by atomic mass is 9.45. The van der Waals surface area contributed by atoms with Crippen LogP contribution in [-0.2, 0) is 33.2 Å². The topological polar surface area (TPSA) is 84.5 Å². The van der Waals surface area contributed by atoms with Crippen molar-refractivity contribution >= 4 is 5.91 Å². The van der Waals surface area contributed by atoms with Gasteiger partial charge in [0.1, 0.15) is 0 Å². The highest BCUT2D eigenvalue weighted by Crippen LogP contribution is 2.66. The van der Waals surface area contributed by atoms with Crippen LogP contribution in [0.3, 0.4) is 0 Å². The fourth-order valence-corrected chi connectivity index (χ4v) is 9.05. The Bertz CT molecular complexity index is 849. The minimum absolute atomic E-state index is 0.0183. The summed E-state index contributed by atoms with van der Waals surface area (Å²) in [4.78, 5) is 13.6. The van der Waals surface area contributed by atoms with Crippen molar-refractivity contribution in [1.82, 2.24) is 5.32 Å². The normalized spacial score (nSPS) is 40.1. The molecular weight excluding hydrogens is 522 g/mol. The molecule has 1 saturated heterocycles. The number of carbonyl (C=O) groups excluding carboxylic acids is 1. The highest BCUT2D eigenvalue weighted by atomic mass is 16.6. The number of fused-ring (bicyclic) bond motifs is 5. The Hall–Kier alpha value is -1.03. The summed E-state index contributed by atoms with van der Waals surface area (Å²) in [5.74, 6) is 3.18. The minimum atomic E-state index is -0.246. The Morgan fingerprint density at radius 1 is 0.780 bits per heavy atom. The van der Waals surface area contributed by atoms with Gasteiger partial charge in [-0.05, 0) is 74.0 Å². The van der Waals surface area contributed by atoms with Crippen molar-refractivity contribution in [1.29, 1.82) is 0 Å². The molecule has 0 aromatic carbocycles. The van der Waals surface area contributed by atoms with E-state index in [0.29, 0.717) is 90.6 Å². The van der Waals surface area contributed by atoms with Crippen molar-refractivity contribution in [2.24, 2.45) is 34.5 Å². The molecule has 0 aromatic rings. The summed E-state index contributed by atoms with van der Waals surface area (Å²) in [6, 6.07) is 0. The Morgan fingerprint density at radius 3 is 2.15 bits per heavy atom. The summed E-state index contributed by atoms with van der Waals surface area (Å²) in [6.07, 6.45) is 13.9. The standard InChI is InChI=1S/C33H55NO7/c1-32-11-4-3-5-25(32)6-7-27-28-8-9-30(33(28,2)12-10-29(27)32)31(35)34-23-26-24-40-20-19-38-16-15-36-13-14-37-17-18-39-21-22-41-26/h9,25-29H,3-8,10-24H2,1-2H3,(H,34,35)/t25?,26?,27-,28-,29-,32-,33-/m0/s1. The highest BCUT2D eigenvalue weighted by Gasteiger charge is 2.58. The first-order valence-electron chi connectivity index (χ1n) is 16.5. The number of amides is 1. The summed E-state index contributed by atoms with van der Waals surface area (Å²) in [6.45, 7) is 10.9. The average molecular weight is 578 g/mol. The van der Waals surface area contributed by atoms with Crippen LogP contribution in [0, 0.1) is 34.5 Å².